The largest absolute Gasteiger partial charge is 0.434 e. The van der Waals surface area contributed by atoms with Crippen LogP contribution in [-0.2, 0) is 13.2 Å². The third-order valence-electron chi connectivity index (χ3n) is 1.71. The van der Waals surface area contributed by atoms with Crippen molar-refractivity contribution in [1.82, 2.24) is 9.55 Å². The van der Waals surface area contributed by atoms with Crippen molar-refractivity contribution in [3.8, 4) is 0 Å². The summed E-state index contributed by atoms with van der Waals surface area (Å²) in [6.07, 6.45) is 0.733. The van der Waals surface area contributed by atoms with Crippen LogP contribution in [0.15, 0.2) is 12.3 Å². The molecular formula is C9H11F3N2. The molecule has 0 amide bonds. The Morgan fingerprint density at radius 2 is 2.14 bits per heavy atom. The van der Waals surface area contributed by atoms with Gasteiger partial charge in [0.15, 0.2) is 5.69 Å². The van der Waals surface area contributed by atoms with Gasteiger partial charge < -0.3 is 4.57 Å². The van der Waals surface area contributed by atoms with Crippen LogP contribution in [0.2, 0.25) is 0 Å². The summed E-state index contributed by atoms with van der Waals surface area (Å²) in [5.74, 6) is 0.319. The summed E-state index contributed by atoms with van der Waals surface area (Å²) in [4.78, 5) is 3.47. The minimum atomic E-state index is -4.37. The standard InChI is InChI=1S/C9H11F3N2/c1-3-4-5-8-13-7(6-14(8)2)9(10,11)12/h4-6H,3H2,1-2H3/b5-4+. The maximum absolute atomic E-state index is 12.2. The van der Waals surface area contributed by atoms with Gasteiger partial charge in [0.05, 0.1) is 0 Å². The molecule has 0 aliphatic rings. The van der Waals surface area contributed by atoms with Crippen LogP contribution in [0.25, 0.3) is 6.08 Å². The molecule has 0 radical (unpaired) electrons. The highest BCUT2D eigenvalue weighted by Crippen LogP contribution is 2.28. The first-order chi connectivity index (χ1) is 6.45. The van der Waals surface area contributed by atoms with E-state index in [0.29, 0.717) is 5.82 Å². The Labute approximate surface area is 80.1 Å². The Morgan fingerprint density at radius 3 is 2.57 bits per heavy atom. The van der Waals surface area contributed by atoms with Crippen molar-refractivity contribution >= 4 is 6.08 Å². The second-order valence-electron chi connectivity index (χ2n) is 2.90. The lowest BCUT2D eigenvalue weighted by molar-refractivity contribution is -0.140. The molecule has 0 fully saturated rings. The predicted octanol–water partition coefficient (Wildman–Crippen LogP) is 2.86. The molecule has 2 nitrogen and oxygen atoms in total. The van der Waals surface area contributed by atoms with Gasteiger partial charge in [-0.2, -0.15) is 13.2 Å². The Kier molecular flexibility index (Phi) is 2.98. The highest BCUT2D eigenvalue weighted by molar-refractivity contribution is 5.41. The normalized spacial score (nSPS) is 12.6. The number of aromatic nitrogens is 2. The number of hydrogen-bond donors (Lipinski definition) is 0. The zero-order chi connectivity index (χ0) is 10.8. The summed E-state index contributed by atoms with van der Waals surface area (Å²) in [7, 11) is 1.54. The summed E-state index contributed by atoms with van der Waals surface area (Å²) in [6.45, 7) is 1.91. The molecule has 1 rings (SSSR count). The van der Waals surface area contributed by atoms with Gasteiger partial charge in [-0.15, -0.1) is 0 Å². The van der Waals surface area contributed by atoms with Gasteiger partial charge in [-0.05, 0) is 12.5 Å². The summed E-state index contributed by atoms with van der Waals surface area (Å²) in [6, 6.07) is 0. The molecule has 0 spiro atoms. The van der Waals surface area contributed by atoms with Crippen LogP contribution in [0.3, 0.4) is 0 Å². The number of allylic oxidation sites excluding steroid dienone is 1. The van der Waals surface area contributed by atoms with Crippen LogP contribution in [0, 0.1) is 0 Å². The Morgan fingerprint density at radius 1 is 1.50 bits per heavy atom. The zero-order valence-corrected chi connectivity index (χ0v) is 7.97. The van der Waals surface area contributed by atoms with Crippen molar-refractivity contribution in [3.63, 3.8) is 0 Å². The van der Waals surface area contributed by atoms with E-state index >= 15 is 0 Å². The van der Waals surface area contributed by atoms with Crippen LogP contribution in [0.5, 0.6) is 0 Å². The molecule has 1 aromatic rings. The second-order valence-corrected chi connectivity index (χ2v) is 2.90. The van der Waals surface area contributed by atoms with Gasteiger partial charge in [-0.3, -0.25) is 0 Å². The summed E-state index contributed by atoms with van der Waals surface area (Å²) in [5, 5.41) is 0. The van der Waals surface area contributed by atoms with Gasteiger partial charge in [-0.1, -0.05) is 13.0 Å². The molecule has 1 heterocycles. The summed E-state index contributed by atoms with van der Waals surface area (Å²) >= 11 is 0. The van der Waals surface area contributed by atoms with Crippen molar-refractivity contribution in [1.29, 1.82) is 0 Å². The molecule has 78 valence electrons. The van der Waals surface area contributed by atoms with Crippen LogP contribution in [0.4, 0.5) is 13.2 Å². The molecule has 0 saturated carbocycles. The fraction of sp³-hybridized carbons (Fsp3) is 0.444. The van der Waals surface area contributed by atoms with Crippen LogP contribution in [-0.4, -0.2) is 9.55 Å². The average Bonchev–Trinajstić information content (AvgIpc) is 2.43. The van der Waals surface area contributed by atoms with E-state index in [4.69, 9.17) is 0 Å². The first-order valence-electron chi connectivity index (χ1n) is 4.22. The van der Waals surface area contributed by atoms with E-state index < -0.39 is 11.9 Å². The number of rotatable bonds is 2. The molecule has 14 heavy (non-hydrogen) atoms. The maximum Gasteiger partial charge on any atom is 0.434 e. The zero-order valence-electron chi connectivity index (χ0n) is 7.97. The smallest absolute Gasteiger partial charge is 0.334 e. The predicted molar refractivity (Wildman–Crippen MR) is 47.5 cm³/mol. The second kappa shape index (κ2) is 3.86. The third kappa shape index (κ3) is 2.37. The van der Waals surface area contributed by atoms with E-state index in [1.54, 1.807) is 12.2 Å². The van der Waals surface area contributed by atoms with Crippen molar-refractivity contribution in [2.24, 2.45) is 7.05 Å². The minimum Gasteiger partial charge on any atom is -0.334 e. The number of hydrogen-bond acceptors (Lipinski definition) is 1. The van der Waals surface area contributed by atoms with E-state index in [1.165, 1.54) is 11.6 Å². The molecular weight excluding hydrogens is 193 g/mol. The number of nitrogens with zero attached hydrogens (tertiary/aromatic N) is 2. The van der Waals surface area contributed by atoms with E-state index in [2.05, 4.69) is 4.98 Å². The van der Waals surface area contributed by atoms with Gasteiger partial charge in [0.2, 0.25) is 0 Å². The first-order valence-corrected chi connectivity index (χ1v) is 4.22. The molecule has 0 aromatic carbocycles. The highest BCUT2D eigenvalue weighted by Gasteiger charge is 2.34. The lowest BCUT2D eigenvalue weighted by Gasteiger charge is -1.98. The molecule has 5 heteroatoms. The van der Waals surface area contributed by atoms with E-state index in [0.717, 1.165) is 12.6 Å². The van der Waals surface area contributed by atoms with Gasteiger partial charge in [0, 0.05) is 13.2 Å². The monoisotopic (exact) mass is 204 g/mol. The topological polar surface area (TPSA) is 17.8 Å². The van der Waals surface area contributed by atoms with E-state index in [9.17, 15) is 13.2 Å². The van der Waals surface area contributed by atoms with Crippen LogP contribution >= 0.6 is 0 Å². The van der Waals surface area contributed by atoms with E-state index in [1.807, 2.05) is 6.92 Å². The van der Waals surface area contributed by atoms with Crippen LogP contribution < -0.4 is 0 Å². The van der Waals surface area contributed by atoms with Crippen molar-refractivity contribution in [2.75, 3.05) is 0 Å². The number of alkyl halides is 3. The lowest BCUT2D eigenvalue weighted by atomic mass is 10.4. The molecule has 0 atom stereocenters. The van der Waals surface area contributed by atoms with Crippen molar-refractivity contribution in [3.05, 3.63) is 23.8 Å². The van der Waals surface area contributed by atoms with Gasteiger partial charge in [0.25, 0.3) is 0 Å². The number of halogens is 3. The fourth-order valence-corrected chi connectivity index (χ4v) is 0.995. The Balaban J connectivity index is 2.99. The third-order valence-corrected chi connectivity index (χ3v) is 1.71. The summed E-state index contributed by atoms with van der Waals surface area (Å²) < 4.78 is 38.0. The summed E-state index contributed by atoms with van der Waals surface area (Å²) in [5.41, 5.74) is -0.851. The molecule has 1 aromatic heterocycles. The SMILES string of the molecule is CC/C=C/c1nc(C(F)(F)F)cn1C. The molecule has 0 N–H and O–H groups in total. The molecule has 0 aliphatic heterocycles. The molecule has 0 bridgehead atoms. The maximum atomic E-state index is 12.2. The average molecular weight is 204 g/mol. The van der Waals surface area contributed by atoms with E-state index in [-0.39, 0.29) is 0 Å². The highest BCUT2D eigenvalue weighted by atomic mass is 19.4. The Hall–Kier alpha value is -1.26. The van der Waals surface area contributed by atoms with Crippen LogP contribution in [0.1, 0.15) is 24.9 Å². The molecule has 0 aliphatic carbocycles. The van der Waals surface area contributed by atoms with Crippen molar-refractivity contribution in [2.45, 2.75) is 19.5 Å². The number of aryl methyl sites for hydroxylation is 1. The first kappa shape index (κ1) is 10.8. The molecule has 0 saturated heterocycles. The van der Waals surface area contributed by atoms with Gasteiger partial charge in [-0.25, -0.2) is 4.98 Å². The van der Waals surface area contributed by atoms with Gasteiger partial charge >= 0.3 is 6.18 Å². The quantitative estimate of drug-likeness (QED) is 0.724. The number of imidazole rings is 1. The van der Waals surface area contributed by atoms with Gasteiger partial charge in [0.1, 0.15) is 5.82 Å². The molecule has 0 unspecified atom stereocenters. The minimum absolute atomic E-state index is 0.319. The lowest BCUT2D eigenvalue weighted by Crippen LogP contribution is -2.04. The Bertz CT molecular complexity index is 336. The fourth-order valence-electron chi connectivity index (χ4n) is 0.995. The van der Waals surface area contributed by atoms with Crippen molar-refractivity contribution < 1.29 is 13.2 Å².